The summed E-state index contributed by atoms with van der Waals surface area (Å²) in [5.74, 6) is -0.277. The van der Waals surface area contributed by atoms with E-state index in [0.717, 1.165) is 0 Å². The van der Waals surface area contributed by atoms with Gasteiger partial charge in [-0.05, 0) is 18.6 Å². The summed E-state index contributed by atoms with van der Waals surface area (Å²) in [5, 5.41) is 0. The lowest BCUT2D eigenvalue weighted by molar-refractivity contribution is -0.123. The zero-order chi connectivity index (χ0) is 14.5. The van der Waals surface area contributed by atoms with Crippen molar-refractivity contribution in [3.63, 3.8) is 0 Å². The molecule has 0 spiro atoms. The number of hydrogen-bond acceptors (Lipinski definition) is 4. The molecule has 1 fully saturated rings. The van der Waals surface area contributed by atoms with E-state index in [1.54, 1.807) is 29.4 Å². The lowest BCUT2D eigenvalue weighted by atomic mass is 10.1. The Morgan fingerprint density at radius 3 is 2.35 bits per heavy atom. The van der Waals surface area contributed by atoms with Gasteiger partial charge in [-0.2, -0.15) is 0 Å². The molecule has 0 radical (unpaired) electrons. The highest BCUT2D eigenvalue weighted by atomic mass is 16.2. The molecule has 1 aromatic heterocycles. The van der Waals surface area contributed by atoms with Gasteiger partial charge in [0.25, 0.3) is 5.91 Å². The Hall–Kier alpha value is -1.95. The smallest absolute Gasteiger partial charge is 0.254 e. The molecule has 2 amide bonds. The van der Waals surface area contributed by atoms with Gasteiger partial charge in [-0.1, -0.05) is 6.92 Å². The fourth-order valence-electron chi connectivity index (χ4n) is 2.55. The van der Waals surface area contributed by atoms with Crippen LogP contribution in [0, 0.1) is 0 Å². The quantitative estimate of drug-likeness (QED) is 0.846. The lowest BCUT2D eigenvalue weighted by Crippen LogP contribution is -2.55. The summed E-state index contributed by atoms with van der Waals surface area (Å²) >= 11 is 0. The number of carbonyl (C=O) groups is 2. The minimum atomic E-state index is -0.290. The molecule has 20 heavy (non-hydrogen) atoms. The average Bonchev–Trinajstić information content (AvgIpc) is 2.48. The Kier molecular flexibility index (Phi) is 4.68. The Balaban J connectivity index is 1.94. The standard InChI is InChI=1S/C14H20N4O2/c1-2-12(13(15)19)17-7-9-18(10-8-17)14(20)11-3-5-16-6-4-11/h3-6,12H,2,7-10H2,1H3,(H2,15,19)/t12-/m0/s1. The van der Waals surface area contributed by atoms with Crippen molar-refractivity contribution >= 4 is 11.8 Å². The van der Waals surface area contributed by atoms with Crippen molar-refractivity contribution in [3.8, 4) is 0 Å². The molecule has 108 valence electrons. The van der Waals surface area contributed by atoms with E-state index in [-0.39, 0.29) is 17.9 Å². The maximum Gasteiger partial charge on any atom is 0.254 e. The number of primary amides is 1. The molecule has 1 aliphatic heterocycles. The molecular formula is C14H20N4O2. The van der Waals surface area contributed by atoms with Gasteiger partial charge in [0.15, 0.2) is 0 Å². The predicted octanol–water partition coefficient (Wildman–Crippen LogP) is 0.103. The Morgan fingerprint density at radius 1 is 1.25 bits per heavy atom. The third-order valence-electron chi connectivity index (χ3n) is 3.68. The summed E-state index contributed by atoms with van der Waals surface area (Å²) in [6.07, 6.45) is 3.93. The molecular weight excluding hydrogens is 256 g/mol. The number of carbonyl (C=O) groups excluding carboxylic acids is 2. The molecule has 0 unspecified atom stereocenters. The van der Waals surface area contributed by atoms with Gasteiger partial charge in [0.1, 0.15) is 0 Å². The highest BCUT2D eigenvalue weighted by Gasteiger charge is 2.28. The molecule has 1 atom stereocenters. The lowest BCUT2D eigenvalue weighted by Gasteiger charge is -2.37. The first kappa shape index (κ1) is 14.5. The molecule has 0 bridgehead atoms. The number of nitrogens with two attached hydrogens (primary N) is 1. The molecule has 1 saturated heterocycles. The van der Waals surface area contributed by atoms with E-state index in [1.165, 1.54) is 0 Å². The second kappa shape index (κ2) is 6.47. The highest BCUT2D eigenvalue weighted by Crippen LogP contribution is 2.12. The second-order valence-electron chi connectivity index (χ2n) is 4.89. The van der Waals surface area contributed by atoms with Crippen molar-refractivity contribution in [2.45, 2.75) is 19.4 Å². The first-order valence-electron chi connectivity index (χ1n) is 6.86. The number of hydrogen-bond donors (Lipinski definition) is 1. The van der Waals surface area contributed by atoms with Crippen molar-refractivity contribution in [1.82, 2.24) is 14.8 Å². The maximum absolute atomic E-state index is 12.3. The number of rotatable bonds is 4. The van der Waals surface area contributed by atoms with E-state index >= 15 is 0 Å². The topological polar surface area (TPSA) is 79.5 Å². The van der Waals surface area contributed by atoms with Crippen LogP contribution >= 0.6 is 0 Å². The van der Waals surface area contributed by atoms with Crippen molar-refractivity contribution in [3.05, 3.63) is 30.1 Å². The monoisotopic (exact) mass is 276 g/mol. The number of piperazine rings is 1. The van der Waals surface area contributed by atoms with Crippen molar-refractivity contribution < 1.29 is 9.59 Å². The normalized spacial score (nSPS) is 17.8. The van der Waals surface area contributed by atoms with Crippen molar-refractivity contribution in [2.24, 2.45) is 5.73 Å². The van der Waals surface area contributed by atoms with E-state index in [2.05, 4.69) is 9.88 Å². The van der Waals surface area contributed by atoms with Crippen LogP contribution < -0.4 is 5.73 Å². The van der Waals surface area contributed by atoms with Crippen LogP contribution in [0.1, 0.15) is 23.7 Å². The highest BCUT2D eigenvalue weighted by molar-refractivity contribution is 5.94. The summed E-state index contributed by atoms with van der Waals surface area (Å²) in [5.41, 5.74) is 6.04. The summed E-state index contributed by atoms with van der Waals surface area (Å²) in [7, 11) is 0. The maximum atomic E-state index is 12.3. The largest absolute Gasteiger partial charge is 0.368 e. The minimum absolute atomic E-state index is 0.0131. The Bertz CT molecular complexity index is 469. The van der Waals surface area contributed by atoms with Crippen LogP contribution in [0.25, 0.3) is 0 Å². The Labute approximate surface area is 118 Å². The zero-order valence-corrected chi connectivity index (χ0v) is 11.7. The molecule has 1 aromatic rings. The number of aromatic nitrogens is 1. The first-order chi connectivity index (χ1) is 9.63. The molecule has 6 nitrogen and oxygen atoms in total. The number of pyridine rings is 1. The van der Waals surface area contributed by atoms with Gasteiger partial charge in [-0.15, -0.1) is 0 Å². The van der Waals surface area contributed by atoms with E-state index in [0.29, 0.717) is 38.2 Å². The SMILES string of the molecule is CC[C@@H](C(N)=O)N1CCN(C(=O)c2ccncc2)CC1. The summed E-state index contributed by atoms with van der Waals surface area (Å²) in [6.45, 7) is 4.54. The van der Waals surface area contributed by atoms with Crippen LogP contribution in [-0.4, -0.2) is 58.8 Å². The zero-order valence-electron chi connectivity index (χ0n) is 11.7. The third kappa shape index (κ3) is 3.14. The van der Waals surface area contributed by atoms with Crippen LogP contribution in [0.5, 0.6) is 0 Å². The van der Waals surface area contributed by atoms with E-state index in [9.17, 15) is 9.59 Å². The van der Waals surface area contributed by atoms with Crippen molar-refractivity contribution in [2.75, 3.05) is 26.2 Å². The van der Waals surface area contributed by atoms with Crippen LogP contribution in [0.15, 0.2) is 24.5 Å². The van der Waals surface area contributed by atoms with E-state index < -0.39 is 0 Å². The second-order valence-corrected chi connectivity index (χ2v) is 4.89. The number of amides is 2. The fourth-order valence-corrected chi connectivity index (χ4v) is 2.55. The van der Waals surface area contributed by atoms with Gasteiger partial charge in [0.05, 0.1) is 6.04 Å². The average molecular weight is 276 g/mol. The summed E-state index contributed by atoms with van der Waals surface area (Å²) < 4.78 is 0. The predicted molar refractivity (Wildman–Crippen MR) is 75.0 cm³/mol. The molecule has 0 aliphatic carbocycles. The molecule has 0 saturated carbocycles. The Morgan fingerprint density at radius 2 is 1.85 bits per heavy atom. The first-order valence-corrected chi connectivity index (χ1v) is 6.86. The van der Waals surface area contributed by atoms with Gasteiger partial charge in [-0.25, -0.2) is 0 Å². The molecule has 6 heteroatoms. The summed E-state index contributed by atoms with van der Waals surface area (Å²) in [4.78, 5) is 31.4. The molecule has 2 rings (SSSR count). The van der Waals surface area contributed by atoms with Gasteiger partial charge in [-0.3, -0.25) is 19.5 Å². The van der Waals surface area contributed by atoms with Crippen molar-refractivity contribution in [1.29, 1.82) is 0 Å². The van der Waals surface area contributed by atoms with E-state index in [4.69, 9.17) is 5.73 Å². The molecule has 0 aromatic carbocycles. The van der Waals surface area contributed by atoms with Crippen LogP contribution in [0.4, 0.5) is 0 Å². The van der Waals surface area contributed by atoms with Gasteiger partial charge < -0.3 is 10.6 Å². The van der Waals surface area contributed by atoms with Gasteiger partial charge >= 0.3 is 0 Å². The number of nitrogens with zero attached hydrogens (tertiary/aromatic N) is 3. The van der Waals surface area contributed by atoms with Gasteiger partial charge in [0, 0.05) is 44.1 Å². The minimum Gasteiger partial charge on any atom is -0.368 e. The van der Waals surface area contributed by atoms with Gasteiger partial charge in [0.2, 0.25) is 5.91 Å². The molecule has 2 N–H and O–H groups in total. The fraction of sp³-hybridized carbons (Fsp3) is 0.500. The third-order valence-corrected chi connectivity index (χ3v) is 3.68. The molecule has 1 aliphatic rings. The van der Waals surface area contributed by atoms with E-state index in [1.807, 2.05) is 6.92 Å². The van der Waals surface area contributed by atoms with Crippen LogP contribution in [0.3, 0.4) is 0 Å². The summed E-state index contributed by atoms with van der Waals surface area (Å²) in [6, 6.07) is 3.20. The molecule has 2 heterocycles. The van der Waals surface area contributed by atoms with Crippen LogP contribution in [0.2, 0.25) is 0 Å². The van der Waals surface area contributed by atoms with Crippen LogP contribution in [-0.2, 0) is 4.79 Å².